The molecule has 0 spiro atoms. The van der Waals surface area contributed by atoms with Crippen LogP contribution in [0.5, 0.6) is 0 Å². The van der Waals surface area contributed by atoms with E-state index >= 15 is 0 Å². The van der Waals surface area contributed by atoms with Crippen molar-refractivity contribution < 1.29 is 9.90 Å². The second kappa shape index (κ2) is 4.55. The number of carboxylic acids is 1. The molecule has 0 amide bonds. The Bertz CT molecular complexity index is 882. The Kier molecular flexibility index (Phi) is 2.74. The van der Waals surface area contributed by atoms with Crippen LogP contribution in [0.2, 0.25) is 5.02 Å². The molecule has 5 nitrogen and oxygen atoms in total. The van der Waals surface area contributed by atoms with E-state index in [9.17, 15) is 9.90 Å². The van der Waals surface area contributed by atoms with Crippen LogP contribution in [0.4, 0.5) is 0 Å². The molecule has 0 saturated heterocycles. The molecule has 0 atom stereocenters. The highest BCUT2D eigenvalue weighted by atomic mass is 35.5. The van der Waals surface area contributed by atoms with Gasteiger partial charge in [0.15, 0.2) is 5.69 Å². The molecule has 0 bridgehead atoms. The highest BCUT2D eigenvalue weighted by Gasteiger charge is 2.49. The fourth-order valence-electron chi connectivity index (χ4n) is 2.98. The van der Waals surface area contributed by atoms with Crippen molar-refractivity contribution in [2.45, 2.75) is 18.3 Å². The Morgan fingerprint density at radius 1 is 1.18 bits per heavy atom. The van der Waals surface area contributed by atoms with Crippen LogP contribution in [-0.4, -0.2) is 25.9 Å². The van der Waals surface area contributed by atoms with Crippen LogP contribution < -0.4 is 0 Å². The standard InChI is InChI=1S/C16H12ClN3O2/c17-11-6-4-10(5-7-11)16(8-9-16)14-12-2-1-3-13(15(21)22)20(12)19-18-14/h1-7H,8-9H2,(H,21,22). The Balaban J connectivity index is 1.90. The average Bonchev–Trinajstić information content (AvgIpc) is 3.20. The van der Waals surface area contributed by atoms with Gasteiger partial charge in [-0.3, -0.25) is 0 Å². The Hall–Kier alpha value is -2.40. The van der Waals surface area contributed by atoms with E-state index < -0.39 is 5.97 Å². The van der Waals surface area contributed by atoms with Gasteiger partial charge in [0.05, 0.1) is 5.52 Å². The summed E-state index contributed by atoms with van der Waals surface area (Å²) in [7, 11) is 0. The summed E-state index contributed by atoms with van der Waals surface area (Å²) in [5, 5.41) is 18.3. The van der Waals surface area contributed by atoms with Gasteiger partial charge in [-0.15, -0.1) is 5.10 Å². The zero-order chi connectivity index (χ0) is 15.3. The number of fused-ring (bicyclic) bond motifs is 1. The van der Waals surface area contributed by atoms with Gasteiger partial charge in [-0.05, 0) is 42.7 Å². The summed E-state index contributed by atoms with van der Waals surface area (Å²) >= 11 is 5.96. The monoisotopic (exact) mass is 313 g/mol. The summed E-state index contributed by atoms with van der Waals surface area (Å²) in [5.41, 5.74) is 2.65. The lowest BCUT2D eigenvalue weighted by Gasteiger charge is -2.13. The Morgan fingerprint density at radius 2 is 1.91 bits per heavy atom. The molecular weight excluding hydrogens is 302 g/mol. The maximum atomic E-state index is 11.3. The van der Waals surface area contributed by atoms with Gasteiger partial charge in [0.2, 0.25) is 0 Å². The van der Waals surface area contributed by atoms with E-state index in [2.05, 4.69) is 10.3 Å². The molecule has 1 fully saturated rings. The number of benzene rings is 1. The molecule has 1 aliphatic rings. The molecule has 1 aliphatic carbocycles. The van der Waals surface area contributed by atoms with E-state index in [-0.39, 0.29) is 11.1 Å². The number of hydrogen-bond donors (Lipinski definition) is 1. The predicted octanol–water partition coefficient (Wildman–Crippen LogP) is 3.16. The molecule has 1 aromatic carbocycles. The number of carbonyl (C=O) groups is 1. The maximum absolute atomic E-state index is 11.3. The molecule has 2 heterocycles. The molecule has 4 rings (SSSR count). The van der Waals surface area contributed by atoms with Gasteiger partial charge in [-0.1, -0.05) is 35.0 Å². The zero-order valence-electron chi connectivity index (χ0n) is 11.5. The van der Waals surface area contributed by atoms with Crippen molar-refractivity contribution >= 4 is 23.1 Å². The SMILES string of the molecule is O=C(O)c1cccc2c(C3(c4ccc(Cl)cc4)CC3)nnn12. The number of aromatic nitrogens is 3. The number of pyridine rings is 1. The minimum Gasteiger partial charge on any atom is -0.477 e. The summed E-state index contributed by atoms with van der Waals surface area (Å²) in [5.74, 6) is -1.02. The van der Waals surface area contributed by atoms with E-state index in [1.807, 2.05) is 30.3 Å². The normalized spacial score (nSPS) is 15.9. The number of nitrogens with zero attached hydrogens (tertiary/aromatic N) is 3. The minimum absolute atomic E-state index is 0.114. The second-order valence-electron chi connectivity index (χ2n) is 5.54. The van der Waals surface area contributed by atoms with Crippen molar-refractivity contribution in [1.29, 1.82) is 0 Å². The third-order valence-electron chi connectivity index (χ3n) is 4.26. The van der Waals surface area contributed by atoms with E-state index in [0.29, 0.717) is 5.02 Å². The molecule has 3 aromatic rings. The van der Waals surface area contributed by atoms with Crippen molar-refractivity contribution in [3.8, 4) is 0 Å². The Labute approximate surface area is 131 Å². The van der Waals surface area contributed by atoms with Crippen molar-refractivity contribution in [3.05, 3.63) is 64.4 Å². The van der Waals surface area contributed by atoms with Gasteiger partial charge in [0.25, 0.3) is 0 Å². The summed E-state index contributed by atoms with van der Waals surface area (Å²) in [4.78, 5) is 11.3. The fourth-order valence-corrected chi connectivity index (χ4v) is 3.10. The molecule has 6 heteroatoms. The topological polar surface area (TPSA) is 67.5 Å². The summed E-state index contributed by atoms with van der Waals surface area (Å²) in [6.45, 7) is 0. The number of halogens is 1. The third kappa shape index (κ3) is 1.82. The largest absolute Gasteiger partial charge is 0.477 e. The number of carboxylic acid groups (broad SMARTS) is 1. The molecule has 0 radical (unpaired) electrons. The second-order valence-corrected chi connectivity index (χ2v) is 5.98. The molecule has 0 unspecified atom stereocenters. The van der Waals surface area contributed by atoms with E-state index in [1.165, 1.54) is 10.6 Å². The lowest BCUT2D eigenvalue weighted by atomic mass is 9.91. The minimum atomic E-state index is -1.02. The first-order chi connectivity index (χ1) is 10.6. The van der Waals surface area contributed by atoms with E-state index in [0.717, 1.165) is 29.6 Å². The molecular formula is C16H12ClN3O2. The summed E-state index contributed by atoms with van der Waals surface area (Å²) in [6.07, 6.45) is 1.95. The number of hydrogen-bond acceptors (Lipinski definition) is 3. The predicted molar refractivity (Wildman–Crippen MR) is 81.4 cm³/mol. The van der Waals surface area contributed by atoms with Crippen molar-refractivity contribution in [1.82, 2.24) is 14.8 Å². The lowest BCUT2D eigenvalue weighted by molar-refractivity contribution is 0.0687. The fraction of sp³-hybridized carbons (Fsp3) is 0.188. The van der Waals surface area contributed by atoms with Gasteiger partial charge >= 0.3 is 5.97 Å². The van der Waals surface area contributed by atoms with Crippen molar-refractivity contribution in [2.75, 3.05) is 0 Å². The molecule has 110 valence electrons. The van der Waals surface area contributed by atoms with Gasteiger partial charge in [0.1, 0.15) is 5.69 Å². The van der Waals surface area contributed by atoms with Crippen molar-refractivity contribution in [3.63, 3.8) is 0 Å². The lowest BCUT2D eigenvalue weighted by Crippen LogP contribution is -2.10. The molecule has 2 aromatic heterocycles. The van der Waals surface area contributed by atoms with Crippen LogP contribution in [0.1, 0.15) is 34.6 Å². The smallest absolute Gasteiger partial charge is 0.354 e. The first kappa shape index (κ1) is 13.3. The quantitative estimate of drug-likeness (QED) is 0.806. The Morgan fingerprint density at radius 3 is 2.55 bits per heavy atom. The van der Waals surface area contributed by atoms with Gasteiger partial charge in [-0.2, -0.15) is 0 Å². The summed E-state index contributed by atoms with van der Waals surface area (Å²) in [6, 6.07) is 12.8. The summed E-state index contributed by atoms with van der Waals surface area (Å²) < 4.78 is 1.40. The first-order valence-corrected chi connectivity index (χ1v) is 7.34. The third-order valence-corrected chi connectivity index (χ3v) is 4.51. The maximum Gasteiger partial charge on any atom is 0.354 e. The van der Waals surface area contributed by atoms with Gasteiger partial charge in [-0.25, -0.2) is 9.31 Å². The molecule has 22 heavy (non-hydrogen) atoms. The van der Waals surface area contributed by atoms with E-state index in [4.69, 9.17) is 11.6 Å². The van der Waals surface area contributed by atoms with Crippen LogP contribution >= 0.6 is 11.6 Å². The van der Waals surface area contributed by atoms with Gasteiger partial charge in [0, 0.05) is 10.4 Å². The molecule has 1 saturated carbocycles. The number of rotatable bonds is 3. The van der Waals surface area contributed by atoms with Crippen LogP contribution in [0, 0.1) is 0 Å². The van der Waals surface area contributed by atoms with Crippen molar-refractivity contribution in [2.24, 2.45) is 0 Å². The van der Waals surface area contributed by atoms with Gasteiger partial charge < -0.3 is 5.11 Å². The molecule has 0 aliphatic heterocycles. The highest BCUT2D eigenvalue weighted by molar-refractivity contribution is 6.30. The van der Waals surface area contributed by atoms with E-state index in [1.54, 1.807) is 6.07 Å². The first-order valence-electron chi connectivity index (χ1n) is 6.96. The van der Waals surface area contributed by atoms with Crippen LogP contribution in [0.3, 0.4) is 0 Å². The zero-order valence-corrected chi connectivity index (χ0v) is 12.3. The average molecular weight is 314 g/mol. The number of aromatic carboxylic acids is 1. The molecule has 1 N–H and O–H groups in total. The highest BCUT2D eigenvalue weighted by Crippen LogP contribution is 2.53. The van der Waals surface area contributed by atoms with Crippen LogP contribution in [0.25, 0.3) is 5.52 Å². The van der Waals surface area contributed by atoms with Crippen LogP contribution in [-0.2, 0) is 5.41 Å². The van der Waals surface area contributed by atoms with Crippen LogP contribution in [0.15, 0.2) is 42.5 Å².